The van der Waals surface area contributed by atoms with Gasteiger partial charge in [0.2, 0.25) is 10.0 Å². The summed E-state index contributed by atoms with van der Waals surface area (Å²) in [6.07, 6.45) is 2.20. The second-order valence-electron chi connectivity index (χ2n) is 5.16. The number of hydrogen-bond acceptors (Lipinski definition) is 3. The van der Waals surface area contributed by atoms with E-state index in [-0.39, 0.29) is 11.3 Å². The van der Waals surface area contributed by atoms with Crippen LogP contribution >= 0.6 is 0 Å². The van der Waals surface area contributed by atoms with Crippen molar-refractivity contribution in [2.75, 3.05) is 13.1 Å². The van der Waals surface area contributed by atoms with Crippen LogP contribution in [0.15, 0.2) is 24.3 Å². The van der Waals surface area contributed by atoms with Crippen molar-refractivity contribution in [3.8, 4) is 0 Å². The van der Waals surface area contributed by atoms with Gasteiger partial charge in [-0.2, -0.15) is 0 Å². The van der Waals surface area contributed by atoms with Crippen molar-refractivity contribution >= 4 is 16.0 Å². The predicted octanol–water partition coefficient (Wildman–Crippen LogP) is 1.95. The lowest BCUT2D eigenvalue weighted by Crippen LogP contribution is -2.33. The summed E-state index contributed by atoms with van der Waals surface area (Å²) in [5, 5.41) is 8.93. The minimum absolute atomic E-state index is 0.114. The lowest BCUT2D eigenvalue weighted by atomic mass is 10.1. The van der Waals surface area contributed by atoms with E-state index >= 15 is 0 Å². The van der Waals surface area contributed by atoms with Gasteiger partial charge in [-0.3, -0.25) is 0 Å². The first-order chi connectivity index (χ1) is 9.42. The molecule has 1 saturated carbocycles. The van der Waals surface area contributed by atoms with Gasteiger partial charge in [-0.15, -0.1) is 0 Å². The summed E-state index contributed by atoms with van der Waals surface area (Å²) in [6, 6.07) is 6.10. The van der Waals surface area contributed by atoms with Gasteiger partial charge in [-0.1, -0.05) is 19.1 Å². The van der Waals surface area contributed by atoms with Crippen LogP contribution in [-0.2, 0) is 15.8 Å². The van der Waals surface area contributed by atoms with Crippen molar-refractivity contribution in [1.29, 1.82) is 0 Å². The summed E-state index contributed by atoms with van der Waals surface area (Å²) in [5.41, 5.74) is 0.627. The fourth-order valence-corrected chi connectivity index (χ4v) is 3.74. The zero-order valence-electron chi connectivity index (χ0n) is 11.4. The van der Waals surface area contributed by atoms with Crippen LogP contribution in [0.4, 0.5) is 0 Å². The Morgan fingerprint density at radius 1 is 1.40 bits per heavy atom. The molecule has 0 atom stereocenters. The van der Waals surface area contributed by atoms with Crippen molar-refractivity contribution in [1.82, 2.24) is 4.31 Å². The molecule has 20 heavy (non-hydrogen) atoms. The molecule has 0 aliphatic heterocycles. The Labute approximate surface area is 119 Å². The molecular weight excluding hydrogens is 278 g/mol. The fourth-order valence-electron chi connectivity index (χ4n) is 2.12. The first-order valence-corrected chi connectivity index (χ1v) is 8.33. The van der Waals surface area contributed by atoms with Gasteiger partial charge in [0.05, 0.1) is 11.3 Å². The molecule has 1 aromatic carbocycles. The van der Waals surface area contributed by atoms with Crippen molar-refractivity contribution < 1.29 is 18.3 Å². The Hall–Kier alpha value is -1.40. The van der Waals surface area contributed by atoms with E-state index in [9.17, 15) is 13.2 Å². The summed E-state index contributed by atoms with van der Waals surface area (Å²) in [5.74, 6) is -0.695. The van der Waals surface area contributed by atoms with Crippen molar-refractivity contribution in [2.45, 2.75) is 25.5 Å². The lowest BCUT2D eigenvalue weighted by Gasteiger charge is -2.20. The number of carbonyl (C=O) groups is 1. The Balaban J connectivity index is 2.13. The molecule has 0 spiro atoms. The summed E-state index contributed by atoms with van der Waals surface area (Å²) >= 11 is 0. The molecule has 0 aromatic heterocycles. The largest absolute Gasteiger partial charge is 0.478 e. The third kappa shape index (κ3) is 3.80. The van der Waals surface area contributed by atoms with E-state index in [1.54, 1.807) is 12.1 Å². The highest BCUT2D eigenvalue weighted by Gasteiger charge is 2.29. The number of aromatic carboxylic acids is 1. The molecule has 1 aliphatic rings. The Kier molecular flexibility index (Phi) is 4.45. The molecule has 1 N–H and O–H groups in total. The topological polar surface area (TPSA) is 74.7 Å². The van der Waals surface area contributed by atoms with E-state index in [4.69, 9.17) is 5.11 Å². The highest BCUT2D eigenvalue weighted by Crippen LogP contribution is 2.30. The van der Waals surface area contributed by atoms with E-state index < -0.39 is 16.0 Å². The van der Waals surface area contributed by atoms with Crippen LogP contribution in [0.25, 0.3) is 0 Å². The lowest BCUT2D eigenvalue weighted by molar-refractivity contribution is 0.0696. The van der Waals surface area contributed by atoms with Crippen LogP contribution in [0.2, 0.25) is 0 Å². The third-order valence-corrected chi connectivity index (χ3v) is 5.32. The average molecular weight is 297 g/mol. The van der Waals surface area contributed by atoms with Gasteiger partial charge >= 0.3 is 5.97 Å². The average Bonchev–Trinajstić information content (AvgIpc) is 3.19. The third-order valence-electron chi connectivity index (χ3n) is 3.43. The number of sulfonamides is 1. The van der Waals surface area contributed by atoms with E-state index in [1.165, 1.54) is 16.4 Å². The molecule has 0 amide bonds. The van der Waals surface area contributed by atoms with Crippen molar-refractivity contribution in [2.24, 2.45) is 5.92 Å². The maximum absolute atomic E-state index is 12.4. The van der Waals surface area contributed by atoms with E-state index in [2.05, 4.69) is 0 Å². The van der Waals surface area contributed by atoms with Crippen LogP contribution in [0.3, 0.4) is 0 Å². The minimum Gasteiger partial charge on any atom is -0.478 e. The first kappa shape index (κ1) is 15.0. The molecule has 2 rings (SSSR count). The summed E-state index contributed by atoms with van der Waals surface area (Å²) in [6.45, 7) is 2.86. The molecule has 1 fully saturated rings. The number of carboxylic acid groups (broad SMARTS) is 1. The van der Waals surface area contributed by atoms with Gasteiger partial charge in [-0.05, 0) is 36.5 Å². The molecule has 5 nitrogen and oxygen atoms in total. The number of hydrogen-bond donors (Lipinski definition) is 1. The number of nitrogens with zero attached hydrogens (tertiary/aromatic N) is 1. The zero-order chi connectivity index (χ0) is 14.8. The molecule has 0 heterocycles. The van der Waals surface area contributed by atoms with Gasteiger partial charge in [0, 0.05) is 13.1 Å². The Morgan fingerprint density at radius 2 is 2.10 bits per heavy atom. The number of benzene rings is 1. The van der Waals surface area contributed by atoms with Gasteiger partial charge in [-0.25, -0.2) is 17.5 Å². The van der Waals surface area contributed by atoms with Gasteiger partial charge in [0.25, 0.3) is 0 Å². The second kappa shape index (κ2) is 5.93. The molecule has 1 aliphatic carbocycles. The smallest absolute Gasteiger partial charge is 0.335 e. The summed E-state index contributed by atoms with van der Waals surface area (Å²) < 4.78 is 26.2. The van der Waals surface area contributed by atoms with Gasteiger partial charge in [0.15, 0.2) is 0 Å². The van der Waals surface area contributed by atoms with Crippen molar-refractivity contribution in [3.05, 3.63) is 35.4 Å². The zero-order valence-corrected chi connectivity index (χ0v) is 12.3. The molecule has 0 unspecified atom stereocenters. The SMILES string of the molecule is CCN(CC1CC1)S(=O)(=O)Cc1cccc(C(=O)O)c1. The Bertz CT molecular complexity index is 593. The molecule has 1 aromatic rings. The normalized spacial score (nSPS) is 15.5. The standard InChI is InChI=1S/C14H19NO4S/c1-2-15(9-11-6-7-11)20(18,19)10-12-4-3-5-13(8-12)14(16)17/h3-5,8,11H,2,6-7,9-10H2,1H3,(H,16,17). The van der Waals surface area contributed by atoms with Crippen LogP contribution < -0.4 is 0 Å². The monoisotopic (exact) mass is 297 g/mol. The van der Waals surface area contributed by atoms with Crippen LogP contribution in [0.5, 0.6) is 0 Å². The molecule has 0 radical (unpaired) electrons. The highest BCUT2D eigenvalue weighted by atomic mass is 32.2. The predicted molar refractivity (Wildman–Crippen MR) is 76.0 cm³/mol. The molecule has 110 valence electrons. The second-order valence-corrected chi connectivity index (χ2v) is 7.12. The number of rotatable bonds is 7. The van der Waals surface area contributed by atoms with Crippen LogP contribution in [-0.4, -0.2) is 36.9 Å². The van der Waals surface area contributed by atoms with Gasteiger partial charge in [0.1, 0.15) is 0 Å². The van der Waals surface area contributed by atoms with Crippen LogP contribution in [0.1, 0.15) is 35.7 Å². The fraction of sp³-hybridized carbons (Fsp3) is 0.500. The Morgan fingerprint density at radius 3 is 2.65 bits per heavy atom. The van der Waals surface area contributed by atoms with Crippen LogP contribution in [0, 0.1) is 5.92 Å². The quantitative estimate of drug-likeness (QED) is 0.834. The molecule has 0 bridgehead atoms. The highest BCUT2D eigenvalue weighted by molar-refractivity contribution is 7.88. The molecule has 6 heteroatoms. The van der Waals surface area contributed by atoms with E-state index in [0.717, 1.165) is 12.8 Å². The number of carboxylic acids is 1. The van der Waals surface area contributed by atoms with Crippen molar-refractivity contribution in [3.63, 3.8) is 0 Å². The summed E-state index contributed by atoms with van der Waals surface area (Å²) in [4.78, 5) is 10.9. The maximum Gasteiger partial charge on any atom is 0.335 e. The van der Waals surface area contributed by atoms with E-state index in [1.807, 2.05) is 6.92 Å². The van der Waals surface area contributed by atoms with Gasteiger partial charge < -0.3 is 5.11 Å². The maximum atomic E-state index is 12.4. The minimum atomic E-state index is -3.38. The molecule has 0 saturated heterocycles. The van der Waals surface area contributed by atoms with E-state index in [0.29, 0.717) is 24.6 Å². The molecular formula is C14H19NO4S. The first-order valence-electron chi connectivity index (χ1n) is 6.72. The summed E-state index contributed by atoms with van der Waals surface area (Å²) in [7, 11) is -3.38.